The van der Waals surface area contributed by atoms with Crippen LogP contribution in [0.1, 0.15) is 31.0 Å². The minimum absolute atomic E-state index is 0.0726. The van der Waals surface area contributed by atoms with E-state index < -0.39 is 30.6 Å². The molecule has 172 valence electrons. The molecule has 0 heterocycles. The van der Waals surface area contributed by atoms with Crippen LogP contribution in [0.15, 0.2) is 42.5 Å². The minimum atomic E-state index is -2.99. The number of amides is 1. The Morgan fingerprint density at radius 3 is 2.41 bits per heavy atom. The fraction of sp³-hybridized carbons (Fsp3) is 0.273. The lowest BCUT2D eigenvalue weighted by Gasteiger charge is -2.19. The number of hydrogen-bond acceptors (Lipinski definition) is 5. The van der Waals surface area contributed by atoms with E-state index in [9.17, 15) is 18.4 Å². The summed E-state index contributed by atoms with van der Waals surface area (Å²) >= 11 is 12.0. The molecular weight excluding hydrogens is 467 g/mol. The van der Waals surface area contributed by atoms with E-state index in [1.54, 1.807) is 25.1 Å². The van der Waals surface area contributed by atoms with Crippen LogP contribution < -0.4 is 14.8 Å². The third kappa shape index (κ3) is 7.39. The lowest BCUT2D eigenvalue weighted by Crippen LogP contribution is -2.37. The van der Waals surface area contributed by atoms with E-state index in [0.717, 1.165) is 6.08 Å². The van der Waals surface area contributed by atoms with Gasteiger partial charge in [-0.1, -0.05) is 35.3 Å². The Hall–Kier alpha value is -2.84. The number of nitrogens with one attached hydrogen (secondary N) is 1. The van der Waals surface area contributed by atoms with Crippen LogP contribution in [0.25, 0.3) is 6.08 Å². The molecule has 0 unspecified atom stereocenters. The molecule has 32 heavy (non-hydrogen) atoms. The summed E-state index contributed by atoms with van der Waals surface area (Å²) < 4.78 is 39.2. The second kappa shape index (κ2) is 11.7. The molecule has 0 aliphatic heterocycles. The Morgan fingerprint density at radius 1 is 1.06 bits per heavy atom. The summed E-state index contributed by atoms with van der Waals surface area (Å²) in [5, 5.41) is 3.59. The molecule has 0 aliphatic carbocycles. The Labute approximate surface area is 194 Å². The minimum Gasteiger partial charge on any atom is -0.493 e. The van der Waals surface area contributed by atoms with Gasteiger partial charge >= 0.3 is 12.6 Å². The van der Waals surface area contributed by atoms with Gasteiger partial charge in [0, 0.05) is 16.1 Å². The number of rotatable bonds is 9. The first kappa shape index (κ1) is 25.4. The van der Waals surface area contributed by atoms with Gasteiger partial charge in [0.15, 0.2) is 17.6 Å². The van der Waals surface area contributed by atoms with Crippen LogP contribution in [0.3, 0.4) is 0 Å². The van der Waals surface area contributed by atoms with Crippen molar-refractivity contribution in [1.82, 2.24) is 5.32 Å². The number of methoxy groups -OCH3 is 1. The van der Waals surface area contributed by atoms with Crippen LogP contribution in [0, 0.1) is 0 Å². The van der Waals surface area contributed by atoms with Crippen molar-refractivity contribution in [2.24, 2.45) is 0 Å². The zero-order valence-electron chi connectivity index (χ0n) is 17.4. The molecule has 0 aliphatic rings. The van der Waals surface area contributed by atoms with Crippen molar-refractivity contribution in [3.05, 3.63) is 63.6 Å². The predicted molar refractivity (Wildman–Crippen MR) is 117 cm³/mol. The molecule has 0 aromatic heterocycles. The lowest BCUT2D eigenvalue weighted by molar-refractivity contribution is -0.150. The Bertz CT molecular complexity index is 1000. The largest absolute Gasteiger partial charge is 0.493 e. The van der Waals surface area contributed by atoms with Gasteiger partial charge in [-0.05, 0) is 55.3 Å². The molecule has 2 rings (SSSR count). The molecule has 0 spiro atoms. The number of benzene rings is 2. The van der Waals surface area contributed by atoms with Crippen molar-refractivity contribution < 1.29 is 32.6 Å². The van der Waals surface area contributed by atoms with Gasteiger partial charge < -0.3 is 19.5 Å². The zero-order chi connectivity index (χ0) is 23.8. The van der Waals surface area contributed by atoms with Gasteiger partial charge in [-0.25, -0.2) is 4.79 Å². The number of carbonyl (C=O) groups is 2. The van der Waals surface area contributed by atoms with Gasteiger partial charge in [0.25, 0.3) is 5.91 Å². The fourth-order valence-corrected chi connectivity index (χ4v) is 3.25. The number of ether oxygens (including phenoxy) is 3. The third-order valence-corrected chi connectivity index (χ3v) is 4.83. The Balaban J connectivity index is 1.95. The van der Waals surface area contributed by atoms with Crippen molar-refractivity contribution in [3.63, 3.8) is 0 Å². The zero-order valence-corrected chi connectivity index (χ0v) is 18.9. The summed E-state index contributed by atoms with van der Waals surface area (Å²) in [6, 6.07) is 8.63. The number of carbonyl (C=O) groups excluding carboxylic acids is 2. The first-order valence-electron chi connectivity index (χ1n) is 9.37. The molecule has 0 radical (unpaired) electrons. The molecule has 0 saturated carbocycles. The second-order valence-corrected chi connectivity index (χ2v) is 7.44. The standard InChI is InChI=1S/C22H21Cl2F2NO5/c1-12(16-7-6-15(23)11-17(16)24)27-21(29)13(2)31-20(28)9-5-14-4-8-18(32-22(25)26)19(10-14)30-3/h4-13,22H,1-3H3,(H,27,29)/b9-5+/t12-,13+/m0/s1. The van der Waals surface area contributed by atoms with Crippen LogP contribution in [0.5, 0.6) is 11.5 Å². The summed E-state index contributed by atoms with van der Waals surface area (Å²) in [5.41, 5.74) is 1.14. The van der Waals surface area contributed by atoms with Gasteiger partial charge in [0.05, 0.1) is 13.2 Å². The predicted octanol–water partition coefficient (Wildman–Crippen LogP) is 5.43. The smallest absolute Gasteiger partial charge is 0.387 e. The molecule has 2 aromatic rings. The molecule has 0 saturated heterocycles. The highest BCUT2D eigenvalue weighted by atomic mass is 35.5. The Morgan fingerprint density at radius 2 is 1.78 bits per heavy atom. The van der Waals surface area contributed by atoms with Crippen LogP contribution >= 0.6 is 23.2 Å². The lowest BCUT2D eigenvalue weighted by atomic mass is 10.1. The number of halogens is 4. The van der Waals surface area contributed by atoms with E-state index in [0.29, 0.717) is 21.2 Å². The van der Waals surface area contributed by atoms with Crippen LogP contribution in [0.4, 0.5) is 8.78 Å². The van der Waals surface area contributed by atoms with Crippen molar-refractivity contribution in [1.29, 1.82) is 0 Å². The normalized spacial score (nSPS) is 13.0. The second-order valence-electron chi connectivity index (χ2n) is 6.60. The van der Waals surface area contributed by atoms with Crippen molar-refractivity contribution in [2.75, 3.05) is 7.11 Å². The van der Waals surface area contributed by atoms with Crippen molar-refractivity contribution in [3.8, 4) is 11.5 Å². The summed E-state index contributed by atoms with van der Waals surface area (Å²) in [4.78, 5) is 24.4. The Kier molecular flexibility index (Phi) is 9.28. The maximum atomic E-state index is 12.4. The van der Waals surface area contributed by atoms with E-state index in [1.807, 2.05) is 0 Å². The van der Waals surface area contributed by atoms with Gasteiger partial charge in [-0.15, -0.1) is 0 Å². The molecule has 2 aromatic carbocycles. The van der Waals surface area contributed by atoms with E-state index in [4.69, 9.17) is 32.7 Å². The fourth-order valence-electron chi connectivity index (χ4n) is 2.67. The maximum Gasteiger partial charge on any atom is 0.387 e. The van der Waals surface area contributed by atoms with E-state index in [-0.39, 0.29) is 11.5 Å². The van der Waals surface area contributed by atoms with E-state index >= 15 is 0 Å². The first-order valence-corrected chi connectivity index (χ1v) is 10.1. The number of alkyl halides is 2. The highest BCUT2D eigenvalue weighted by molar-refractivity contribution is 6.35. The molecule has 2 atom stereocenters. The van der Waals surface area contributed by atoms with Gasteiger partial charge in [-0.3, -0.25) is 4.79 Å². The van der Waals surface area contributed by atoms with Crippen molar-refractivity contribution in [2.45, 2.75) is 32.6 Å². The highest BCUT2D eigenvalue weighted by Crippen LogP contribution is 2.30. The molecule has 10 heteroatoms. The molecule has 1 amide bonds. The monoisotopic (exact) mass is 487 g/mol. The number of hydrogen-bond donors (Lipinski definition) is 1. The average molecular weight is 488 g/mol. The maximum absolute atomic E-state index is 12.4. The topological polar surface area (TPSA) is 73.9 Å². The van der Waals surface area contributed by atoms with E-state index in [2.05, 4.69) is 10.1 Å². The third-order valence-electron chi connectivity index (χ3n) is 4.27. The van der Waals surface area contributed by atoms with Crippen molar-refractivity contribution >= 4 is 41.2 Å². The number of esters is 1. The molecular formula is C22H21Cl2F2NO5. The van der Waals surface area contributed by atoms with Gasteiger partial charge in [0.1, 0.15) is 0 Å². The quantitative estimate of drug-likeness (QED) is 0.377. The van der Waals surface area contributed by atoms with Crippen LogP contribution in [0.2, 0.25) is 10.0 Å². The van der Waals surface area contributed by atoms with E-state index in [1.165, 1.54) is 38.3 Å². The molecule has 0 bridgehead atoms. The van der Waals surface area contributed by atoms with Crippen LogP contribution in [-0.2, 0) is 14.3 Å². The van der Waals surface area contributed by atoms with Crippen LogP contribution in [-0.4, -0.2) is 31.7 Å². The first-order chi connectivity index (χ1) is 15.1. The average Bonchev–Trinajstić information content (AvgIpc) is 2.72. The van der Waals surface area contributed by atoms with Gasteiger partial charge in [0.2, 0.25) is 0 Å². The summed E-state index contributed by atoms with van der Waals surface area (Å²) in [6.07, 6.45) is 1.42. The summed E-state index contributed by atoms with van der Waals surface area (Å²) in [6.45, 7) is 0.166. The SMILES string of the molecule is COc1cc(/C=C/C(=O)O[C@H](C)C(=O)N[C@@H](C)c2ccc(Cl)cc2Cl)ccc1OC(F)F. The summed E-state index contributed by atoms with van der Waals surface area (Å²) in [5.74, 6) is -1.34. The highest BCUT2D eigenvalue weighted by Gasteiger charge is 2.20. The van der Waals surface area contributed by atoms with Gasteiger partial charge in [-0.2, -0.15) is 8.78 Å². The molecule has 0 fully saturated rings. The molecule has 1 N–H and O–H groups in total. The molecule has 6 nitrogen and oxygen atoms in total. The summed E-state index contributed by atoms with van der Waals surface area (Å²) in [7, 11) is 1.30.